The Morgan fingerprint density at radius 1 is 1.30 bits per heavy atom. The van der Waals surface area contributed by atoms with E-state index in [9.17, 15) is 9.59 Å². The van der Waals surface area contributed by atoms with Crippen molar-refractivity contribution in [1.82, 2.24) is 20.3 Å². The minimum atomic E-state index is -1.15. The summed E-state index contributed by atoms with van der Waals surface area (Å²) in [4.78, 5) is 22.9. The number of para-hydroxylation sites is 1. The van der Waals surface area contributed by atoms with E-state index >= 15 is 0 Å². The molecule has 9 heteroatoms. The number of rotatable bonds is 7. The van der Waals surface area contributed by atoms with Gasteiger partial charge in [-0.15, -0.1) is 5.10 Å². The summed E-state index contributed by atoms with van der Waals surface area (Å²) in [7, 11) is 2.95. The smallest absolute Gasteiger partial charge is 0.358 e. The van der Waals surface area contributed by atoms with Crippen LogP contribution >= 0.6 is 0 Å². The third-order valence-corrected chi connectivity index (χ3v) is 3.03. The van der Waals surface area contributed by atoms with E-state index in [4.69, 9.17) is 14.6 Å². The molecule has 0 aliphatic carbocycles. The number of carbonyl (C=O) groups is 2. The molecule has 0 aliphatic rings. The zero-order valence-corrected chi connectivity index (χ0v) is 12.6. The summed E-state index contributed by atoms with van der Waals surface area (Å²) in [5.74, 6) is -0.676. The zero-order chi connectivity index (χ0) is 16.8. The maximum atomic E-state index is 12.2. The fourth-order valence-corrected chi connectivity index (χ4v) is 1.95. The molecule has 1 aromatic carbocycles. The van der Waals surface area contributed by atoms with Gasteiger partial charge < -0.3 is 19.9 Å². The first-order chi connectivity index (χ1) is 11.1. The number of benzene rings is 1. The van der Waals surface area contributed by atoms with Crippen molar-refractivity contribution in [3.63, 3.8) is 0 Å². The molecule has 0 unspecified atom stereocenters. The third kappa shape index (κ3) is 3.76. The van der Waals surface area contributed by atoms with Crippen LogP contribution in [0.15, 0.2) is 24.4 Å². The standard InChI is InChI=1S/C14H16N4O5/c1-22-11-5-3-4-9(12(11)23-2)13(19)15-6-7-18-8-10(14(20)21)16-17-18/h3-5,8H,6-7H2,1-2H3,(H,15,19)(H,20,21). The first-order valence-electron chi connectivity index (χ1n) is 6.69. The Bertz CT molecular complexity index is 713. The number of aromatic carboxylic acids is 1. The normalized spacial score (nSPS) is 10.2. The monoisotopic (exact) mass is 320 g/mol. The predicted octanol–water partition coefficient (Wildman–Crippen LogP) is 0.423. The Morgan fingerprint density at radius 2 is 2.09 bits per heavy atom. The minimum absolute atomic E-state index is 0.147. The molecule has 2 N–H and O–H groups in total. The lowest BCUT2D eigenvalue weighted by molar-refractivity contribution is 0.0690. The van der Waals surface area contributed by atoms with Crippen LogP contribution in [0.1, 0.15) is 20.8 Å². The van der Waals surface area contributed by atoms with Crippen molar-refractivity contribution in [2.75, 3.05) is 20.8 Å². The van der Waals surface area contributed by atoms with Gasteiger partial charge in [-0.3, -0.25) is 4.79 Å². The largest absolute Gasteiger partial charge is 0.493 e. The van der Waals surface area contributed by atoms with Gasteiger partial charge in [-0.25, -0.2) is 9.48 Å². The molecule has 0 saturated heterocycles. The van der Waals surface area contributed by atoms with Crippen LogP contribution in [0.4, 0.5) is 0 Å². The van der Waals surface area contributed by atoms with Crippen LogP contribution in [0.2, 0.25) is 0 Å². The summed E-state index contributed by atoms with van der Waals surface area (Å²) >= 11 is 0. The topological polar surface area (TPSA) is 116 Å². The summed E-state index contributed by atoms with van der Waals surface area (Å²) in [6.07, 6.45) is 1.29. The van der Waals surface area contributed by atoms with Gasteiger partial charge >= 0.3 is 5.97 Å². The highest BCUT2D eigenvalue weighted by atomic mass is 16.5. The molecular formula is C14H16N4O5. The highest BCUT2D eigenvalue weighted by molar-refractivity contribution is 5.97. The van der Waals surface area contributed by atoms with Crippen molar-refractivity contribution in [2.45, 2.75) is 6.54 Å². The lowest BCUT2D eigenvalue weighted by Crippen LogP contribution is -2.27. The van der Waals surface area contributed by atoms with Gasteiger partial charge in [-0.2, -0.15) is 0 Å². The second-order valence-electron chi connectivity index (χ2n) is 4.47. The van der Waals surface area contributed by atoms with E-state index in [0.29, 0.717) is 17.1 Å². The van der Waals surface area contributed by atoms with E-state index < -0.39 is 5.97 Å². The van der Waals surface area contributed by atoms with E-state index in [-0.39, 0.29) is 24.7 Å². The molecule has 0 atom stereocenters. The van der Waals surface area contributed by atoms with E-state index in [1.165, 1.54) is 25.1 Å². The van der Waals surface area contributed by atoms with Crippen LogP contribution < -0.4 is 14.8 Å². The number of carboxylic acid groups (broad SMARTS) is 1. The lowest BCUT2D eigenvalue weighted by atomic mass is 10.1. The molecule has 23 heavy (non-hydrogen) atoms. The van der Waals surface area contributed by atoms with Gasteiger partial charge in [-0.05, 0) is 12.1 Å². The molecule has 0 radical (unpaired) electrons. The number of carbonyl (C=O) groups excluding carboxylic acids is 1. The first kappa shape index (κ1) is 16.3. The summed E-state index contributed by atoms with van der Waals surface area (Å²) in [6, 6.07) is 5.00. The number of carboxylic acids is 1. The quantitative estimate of drug-likeness (QED) is 0.759. The molecule has 2 aromatic rings. The fraction of sp³-hybridized carbons (Fsp3) is 0.286. The number of hydrogen-bond acceptors (Lipinski definition) is 6. The lowest BCUT2D eigenvalue weighted by Gasteiger charge is -2.12. The molecule has 0 bridgehead atoms. The number of amides is 1. The van der Waals surface area contributed by atoms with Gasteiger partial charge in [0.15, 0.2) is 17.2 Å². The van der Waals surface area contributed by atoms with Crippen LogP contribution in [0.25, 0.3) is 0 Å². The summed E-state index contributed by atoms with van der Waals surface area (Å²) in [6.45, 7) is 0.542. The summed E-state index contributed by atoms with van der Waals surface area (Å²) in [5, 5.41) is 18.6. The highest BCUT2D eigenvalue weighted by Crippen LogP contribution is 2.30. The first-order valence-corrected chi connectivity index (χ1v) is 6.69. The van der Waals surface area contributed by atoms with E-state index in [0.717, 1.165) is 0 Å². The van der Waals surface area contributed by atoms with Crippen LogP contribution in [-0.4, -0.2) is 52.7 Å². The molecule has 1 amide bonds. The van der Waals surface area contributed by atoms with E-state index in [2.05, 4.69) is 15.6 Å². The molecule has 1 heterocycles. The van der Waals surface area contributed by atoms with Gasteiger partial charge in [0.2, 0.25) is 0 Å². The van der Waals surface area contributed by atoms with Crippen molar-refractivity contribution in [3.8, 4) is 11.5 Å². The molecule has 0 aliphatic heterocycles. The highest BCUT2D eigenvalue weighted by Gasteiger charge is 2.16. The second-order valence-corrected chi connectivity index (χ2v) is 4.47. The number of nitrogens with zero attached hydrogens (tertiary/aromatic N) is 3. The van der Waals surface area contributed by atoms with Gasteiger partial charge in [0.05, 0.1) is 32.5 Å². The number of nitrogens with one attached hydrogen (secondary N) is 1. The molecule has 0 saturated carbocycles. The maximum absolute atomic E-state index is 12.2. The molecular weight excluding hydrogens is 304 g/mol. The van der Waals surface area contributed by atoms with Gasteiger partial charge in [-0.1, -0.05) is 11.3 Å². The van der Waals surface area contributed by atoms with E-state index in [1.807, 2.05) is 0 Å². The zero-order valence-electron chi connectivity index (χ0n) is 12.6. The van der Waals surface area contributed by atoms with Crippen LogP contribution in [0, 0.1) is 0 Å². The van der Waals surface area contributed by atoms with Crippen LogP contribution in [0.5, 0.6) is 11.5 Å². The van der Waals surface area contributed by atoms with Crippen LogP contribution in [-0.2, 0) is 6.54 Å². The molecule has 2 rings (SSSR count). The van der Waals surface area contributed by atoms with Gasteiger partial charge in [0, 0.05) is 6.54 Å². The Balaban J connectivity index is 1.98. The molecule has 0 spiro atoms. The predicted molar refractivity (Wildman–Crippen MR) is 78.9 cm³/mol. The number of methoxy groups -OCH3 is 2. The van der Waals surface area contributed by atoms with Crippen molar-refractivity contribution in [3.05, 3.63) is 35.7 Å². The van der Waals surface area contributed by atoms with Crippen molar-refractivity contribution in [1.29, 1.82) is 0 Å². The number of ether oxygens (including phenoxy) is 2. The second kappa shape index (κ2) is 7.25. The molecule has 0 fully saturated rings. The van der Waals surface area contributed by atoms with Crippen molar-refractivity contribution >= 4 is 11.9 Å². The van der Waals surface area contributed by atoms with Gasteiger partial charge in [0.25, 0.3) is 5.91 Å². The third-order valence-electron chi connectivity index (χ3n) is 3.03. The average molecular weight is 320 g/mol. The maximum Gasteiger partial charge on any atom is 0.358 e. The SMILES string of the molecule is COc1cccc(C(=O)NCCn2cc(C(=O)O)nn2)c1OC. The number of hydrogen-bond donors (Lipinski definition) is 2. The summed E-state index contributed by atoms with van der Waals surface area (Å²) < 4.78 is 11.7. The molecule has 122 valence electrons. The van der Waals surface area contributed by atoms with Gasteiger partial charge in [0.1, 0.15) is 0 Å². The van der Waals surface area contributed by atoms with Crippen LogP contribution in [0.3, 0.4) is 0 Å². The Kier molecular flexibility index (Phi) is 5.13. The Labute approximate surface area is 131 Å². The Hall–Kier alpha value is -3.10. The minimum Gasteiger partial charge on any atom is -0.493 e. The molecule has 9 nitrogen and oxygen atoms in total. The van der Waals surface area contributed by atoms with Crippen molar-refractivity contribution in [2.24, 2.45) is 0 Å². The average Bonchev–Trinajstić information content (AvgIpc) is 3.03. The van der Waals surface area contributed by atoms with Crippen molar-refractivity contribution < 1.29 is 24.2 Å². The fourth-order valence-electron chi connectivity index (χ4n) is 1.95. The summed E-state index contributed by atoms with van der Waals surface area (Å²) in [5.41, 5.74) is 0.197. The molecule has 1 aromatic heterocycles. The van der Waals surface area contributed by atoms with E-state index in [1.54, 1.807) is 18.2 Å². The number of aromatic nitrogens is 3. The Morgan fingerprint density at radius 3 is 2.70 bits per heavy atom.